The number of anilines is 2. The predicted molar refractivity (Wildman–Crippen MR) is 102 cm³/mol. The van der Waals surface area contributed by atoms with E-state index in [9.17, 15) is 0 Å². The Balaban J connectivity index is 1.76. The molecular weight excluding hydrogens is 326 g/mol. The number of nitrogens with zero attached hydrogens (tertiary/aromatic N) is 3. The van der Waals surface area contributed by atoms with Crippen LogP contribution < -0.4 is 14.4 Å². The van der Waals surface area contributed by atoms with E-state index >= 15 is 0 Å². The molecule has 0 unspecified atom stereocenters. The van der Waals surface area contributed by atoms with Gasteiger partial charge < -0.3 is 14.4 Å². The fourth-order valence-corrected chi connectivity index (χ4v) is 3.41. The third-order valence-electron chi connectivity index (χ3n) is 4.67. The summed E-state index contributed by atoms with van der Waals surface area (Å²) in [6.45, 7) is 2.86. The number of rotatable bonds is 4. The van der Waals surface area contributed by atoms with Crippen LogP contribution in [0.3, 0.4) is 0 Å². The van der Waals surface area contributed by atoms with Crippen molar-refractivity contribution in [3.05, 3.63) is 59.9 Å². The van der Waals surface area contributed by atoms with Gasteiger partial charge in [-0.1, -0.05) is 18.2 Å². The molecule has 5 heteroatoms. The van der Waals surface area contributed by atoms with Gasteiger partial charge in [0.15, 0.2) is 11.5 Å². The lowest BCUT2D eigenvalue weighted by molar-refractivity contribution is 0.355. The third kappa shape index (κ3) is 2.86. The summed E-state index contributed by atoms with van der Waals surface area (Å²) in [4.78, 5) is 11.6. The summed E-state index contributed by atoms with van der Waals surface area (Å²) < 4.78 is 10.8. The van der Waals surface area contributed by atoms with Crippen LogP contribution in [0.2, 0.25) is 0 Å². The highest BCUT2D eigenvalue weighted by Gasteiger charge is 2.22. The number of methoxy groups -OCH3 is 2. The Morgan fingerprint density at radius 2 is 1.73 bits per heavy atom. The molecule has 0 bridgehead atoms. The molecule has 2 aromatic carbocycles. The quantitative estimate of drug-likeness (QED) is 0.709. The number of hydrogen-bond acceptors (Lipinski definition) is 5. The predicted octanol–water partition coefficient (Wildman–Crippen LogP) is 4.16. The van der Waals surface area contributed by atoms with Crippen molar-refractivity contribution in [2.45, 2.75) is 13.3 Å². The lowest BCUT2D eigenvalue weighted by Crippen LogP contribution is -2.15. The van der Waals surface area contributed by atoms with E-state index in [1.54, 1.807) is 14.2 Å². The number of ether oxygens (including phenoxy) is 2. The van der Waals surface area contributed by atoms with Gasteiger partial charge in [0.25, 0.3) is 0 Å². The molecule has 0 amide bonds. The molecule has 2 heterocycles. The first-order chi connectivity index (χ1) is 12.7. The largest absolute Gasteiger partial charge is 0.493 e. The van der Waals surface area contributed by atoms with Gasteiger partial charge in [-0.2, -0.15) is 0 Å². The first-order valence-electron chi connectivity index (χ1n) is 8.63. The minimum atomic E-state index is 0.689. The van der Waals surface area contributed by atoms with Crippen molar-refractivity contribution in [1.29, 1.82) is 0 Å². The van der Waals surface area contributed by atoms with Gasteiger partial charge in [-0.3, -0.25) is 0 Å². The molecule has 1 aromatic heterocycles. The fraction of sp³-hybridized carbons (Fsp3) is 0.238. The summed E-state index contributed by atoms with van der Waals surface area (Å²) >= 11 is 0. The van der Waals surface area contributed by atoms with Gasteiger partial charge >= 0.3 is 0 Å². The van der Waals surface area contributed by atoms with Crippen molar-refractivity contribution >= 4 is 11.5 Å². The Bertz CT molecular complexity index is 956. The maximum Gasteiger partial charge on any atom is 0.161 e. The molecule has 3 aromatic rings. The number of para-hydroxylation sites is 1. The molecule has 0 aliphatic carbocycles. The molecule has 0 radical (unpaired) electrons. The lowest BCUT2D eigenvalue weighted by Gasteiger charge is -2.19. The SMILES string of the molecule is COc1ccc(-c2cc(N3CCc4ccccc43)nc(C)n2)cc1OC. The van der Waals surface area contributed by atoms with Gasteiger partial charge in [0, 0.05) is 23.9 Å². The Labute approximate surface area is 153 Å². The molecule has 4 rings (SSSR count). The highest BCUT2D eigenvalue weighted by Crippen LogP contribution is 2.36. The number of fused-ring (bicyclic) bond motifs is 1. The van der Waals surface area contributed by atoms with Crippen LogP contribution in [-0.4, -0.2) is 30.7 Å². The van der Waals surface area contributed by atoms with Gasteiger partial charge in [-0.25, -0.2) is 9.97 Å². The average Bonchev–Trinajstić information content (AvgIpc) is 3.11. The molecule has 5 nitrogen and oxygen atoms in total. The van der Waals surface area contributed by atoms with Crippen molar-refractivity contribution in [3.63, 3.8) is 0 Å². The van der Waals surface area contributed by atoms with Crippen LogP contribution in [0.25, 0.3) is 11.3 Å². The van der Waals surface area contributed by atoms with Crippen LogP contribution in [-0.2, 0) is 6.42 Å². The lowest BCUT2D eigenvalue weighted by atomic mass is 10.1. The summed E-state index contributed by atoms with van der Waals surface area (Å²) in [5.41, 5.74) is 4.43. The molecule has 0 atom stereocenters. The van der Waals surface area contributed by atoms with Crippen molar-refractivity contribution in [3.8, 4) is 22.8 Å². The van der Waals surface area contributed by atoms with E-state index in [1.807, 2.05) is 31.2 Å². The Morgan fingerprint density at radius 3 is 2.54 bits per heavy atom. The van der Waals surface area contributed by atoms with Crippen molar-refractivity contribution in [2.75, 3.05) is 25.7 Å². The average molecular weight is 347 g/mol. The molecule has 0 fully saturated rings. The van der Waals surface area contributed by atoms with E-state index in [0.717, 1.165) is 35.9 Å². The minimum Gasteiger partial charge on any atom is -0.493 e. The molecule has 132 valence electrons. The van der Waals surface area contributed by atoms with Crippen LogP contribution in [0.15, 0.2) is 48.5 Å². The Morgan fingerprint density at radius 1 is 0.923 bits per heavy atom. The second kappa shape index (κ2) is 6.67. The molecular formula is C21H21N3O2. The van der Waals surface area contributed by atoms with E-state index in [-0.39, 0.29) is 0 Å². The first kappa shape index (κ1) is 16.4. The van der Waals surface area contributed by atoms with Crippen LogP contribution in [0.1, 0.15) is 11.4 Å². The van der Waals surface area contributed by atoms with E-state index < -0.39 is 0 Å². The summed E-state index contributed by atoms with van der Waals surface area (Å²) in [5.74, 6) is 3.06. The van der Waals surface area contributed by atoms with Crippen LogP contribution in [0, 0.1) is 6.92 Å². The second-order valence-corrected chi connectivity index (χ2v) is 6.26. The normalized spacial score (nSPS) is 12.8. The van der Waals surface area contributed by atoms with Crippen molar-refractivity contribution in [1.82, 2.24) is 9.97 Å². The third-order valence-corrected chi connectivity index (χ3v) is 4.67. The summed E-state index contributed by atoms with van der Waals surface area (Å²) in [7, 11) is 3.27. The molecule has 0 saturated carbocycles. The van der Waals surface area contributed by atoms with Crippen LogP contribution >= 0.6 is 0 Å². The highest BCUT2D eigenvalue weighted by molar-refractivity contribution is 5.72. The monoisotopic (exact) mass is 347 g/mol. The van der Waals surface area contributed by atoms with Gasteiger partial charge in [0.05, 0.1) is 19.9 Å². The van der Waals surface area contributed by atoms with E-state index in [0.29, 0.717) is 11.5 Å². The summed E-state index contributed by atoms with van der Waals surface area (Å²) in [6.07, 6.45) is 1.03. The van der Waals surface area contributed by atoms with Crippen LogP contribution in [0.4, 0.5) is 11.5 Å². The summed E-state index contributed by atoms with van der Waals surface area (Å²) in [6, 6.07) is 16.4. The van der Waals surface area contributed by atoms with E-state index in [2.05, 4.69) is 39.1 Å². The number of hydrogen-bond donors (Lipinski definition) is 0. The zero-order chi connectivity index (χ0) is 18.1. The van der Waals surface area contributed by atoms with Gasteiger partial charge in [-0.15, -0.1) is 0 Å². The van der Waals surface area contributed by atoms with Gasteiger partial charge in [0.1, 0.15) is 11.6 Å². The molecule has 0 N–H and O–H groups in total. The van der Waals surface area contributed by atoms with E-state index in [4.69, 9.17) is 9.47 Å². The fourth-order valence-electron chi connectivity index (χ4n) is 3.41. The Hall–Kier alpha value is -3.08. The van der Waals surface area contributed by atoms with Gasteiger partial charge in [-0.05, 0) is 43.2 Å². The zero-order valence-corrected chi connectivity index (χ0v) is 15.2. The maximum absolute atomic E-state index is 5.43. The zero-order valence-electron chi connectivity index (χ0n) is 15.2. The number of benzene rings is 2. The minimum absolute atomic E-state index is 0.689. The topological polar surface area (TPSA) is 47.5 Å². The molecule has 1 aliphatic rings. The second-order valence-electron chi connectivity index (χ2n) is 6.26. The standard InChI is InChI=1S/C21H21N3O2/c1-14-22-17(16-8-9-19(25-2)20(12-16)26-3)13-21(23-14)24-11-10-15-6-4-5-7-18(15)24/h4-9,12-13H,10-11H2,1-3H3. The molecule has 26 heavy (non-hydrogen) atoms. The molecule has 0 saturated heterocycles. The first-order valence-corrected chi connectivity index (χ1v) is 8.63. The van der Waals surface area contributed by atoms with Crippen LogP contribution in [0.5, 0.6) is 11.5 Å². The number of aryl methyl sites for hydroxylation is 1. The Kier molecular flexibility index (Phi) is 4.21. The molecule has 0 spiro atoms. The highest BCUT2D eigenvalue weighted by atomic mass is 16.5. The van der Waals surface area contributed by atoms with E-state index in [1.165, 1.54) is 11.3 Å². The summed E-state index contributed by atoms with van der Waals surface area (Å²) in [5, 5.41) is 0. The maximum atomic E-state index is 5.43. The molecule has 1 aliphatic heterocycles. The van der Waals surface area contributed by atoms with Crippen molar-refractivity contribution in [2.24, 2.45) is 0 Å². The smallest absolute Gasteiger partial charge is 0.161 e. The van der Waals surface area contributed by atoms with Gasteiger partial charge in [0.2, 0.25) is 0 Å². The van der Waals surface area contributed by atoms with Crippen molar-refractivity contribution < 1.29 is 9.47 Å². The number of aromatic nitrogens is 2.